The minimum absolute atomic E-state index is 0.350. The van der Waals surface area contributed by atoms with Crippen molar-refractivity contribution in [2.75, 3.05) is 6.54 Å². The number of amides is 4. The van der Waals surface area contributed by atoms with Gasteiger partial charge in [0, 0.05) is 12.6 Å². The molecule has 0 aromatic rings. The molecule has 0 spiro atoms. The summed E-state index contributed by atoms with van der Waals surface area (Å²) in [4.78, 5) is 21.2. The molecule has 0 saturated carbocycles. The largest absolute Gasteiger partial charge is 0.350 e. The molecular formula is C8H19N6O2. The highest BCUT2D eigenvalue weighted by Crippen LogP contribution is 2.04. The Morgan fingerprint density at radius 1 is 1.12 bits per heavy atom. The van der Waals surface area contributed by atoms with Gasteiger partial charge in [0.1, 0.15) is 0 Å². The molecule has 0 aliphatic carbocycles. The highest BCUT2D eigenvalue weighted by molar-refractivity contribution is 5.71. The molecule has 1 unspecified atom stereocenters. The first-order chi connectivity index (χ1) is 7.36. The van der Waals surface area contributed by atoms with Gasteiger partial charge < -0.3 is 11.5 Å². The summed E-state index contributed by atoms with van der Waals surface area (Å²) >= 11 is 0. The molecule has 0 heterocycles. The molecule has 0 aromatic carbocycles. The molecular weight excluding hydrogens is 212 g/mol. The van der Waals surface area contributed by atoms with E-state index >= 15 is 0 Å². The summed E-state index contributed by atoms with van der Waals surface area (Å²) in [5.74, 6) is 10.6. The van der Waals surface area contributed by atoms with Crippen LogP contribution in [-0.4, -0.2) is 34.7 Å². The predicted octanol–water partition coefficient (Wildman–Crippen LogP) is -1.13. The van der Waals surface area contributed by atoms with E-state index in [9.17, 15) is 9.59 Å². The Bertz CT molecular complexity index is 247. The Hall–Kier alpha value is -1.54. The van der Waals surface area contributed by atoms with Crippen molar-refractivity contribution in [2.45, 2.75) is 25.3 Å². The van der Waals surface area contributed by atoms with Crippen LogP contribution in [0.15, 0.2) is 0 Å². The van der Waals surface area contributed by atoms with E-state index < -0.39 is 18.1 Å². The van der Waals surface area contributed by atoms with Crippen molar-refractivity contribution in [3.8, 4) is 0 Å². The van der Waals surface area contributed by atoms with Gasteiger partial charge in [-0.05, 0) is 26.2 Å². The summed E-state index contributed by atoms with van der Waals surface area (Å²) in [6, 6.07) is -1.79. The average Bonchev–Trinajstić information content (AvgIpc) is 2.22. The highest BCUT2D eigenvalue weighted by atomic mass is 16.2. The number of primary amides is 2. The molecule has 8 heteroatoms. The number of rotatable bonds is 6. The molecule has 1 atom stereocenters. The van der Waals surface area contributed by atoms with Crippen LogP contribution in [0.2, 0.25) is 0 Å². The lowest BCUT2D eigenvalue weighted by Gasteiger charge is -2.22. The number of hydrogen-bond acceptors (Lipinski definition) is 4. The smallest absolute Gasteiger partial charge is 0.329 e. The Kier molecular flexibility index (Phi) is 6.19. The molecule has 0 saturated heterocycles. The number of nitrogens with two attached hydrogens (primary N) is 4. The molecule has 4 amide bonds. The maximum absolute atomic E-state index is 10.7. The van der Waals surface area contributed by atoms with Crippen molar-refractivity contribution in [1.82, 2.24) is 10.0 Å². The van der Waals surface area contributed by atoms with E-state index in [-0.39, 0.29) is 0 Å². The normalized spacial score (nSPS) is 11.9. The number of carbonyl (C=O) groups excluding carboxylic acids is 2. The summed E-state index contributed by atoms with van der Waals surface area (Å²) in [6.45, 7) is 4.02. The minimum atomic E-state index is -0.724. The monoisotopic (exact) mass is 231 g/mol. The van der Waals surface area contributed by atoms with Gasteiger partial charge in [-0.15, -0.1) is 0 Å². The molecule has 1 radical (unpaired) electrons. The van der Waals surface area contributed by atoms with Crippen molar-refractivity contribution in [3.05, 3.63) is 6.92 Å². The molecule has 8 nitrogen and oxygen atoms in total. The molecule has 0 aromatic heterocycles. The van der Waals surface area contributed by atoms with Gasteiger partial charge >= 0.3 is 12.1 Å². The predicted molar refractivity (Wildman–Crippen MR) is 59.1 cm³/mol. The summed E-state index contributed by atoms with van der Waals surface area (Å²) in [5, 5.41) is 1.79. The second kappa shape index (κ2) is 6.85. The molecule has 16 heavy (non-hydrogen) atoms. The quantitative estimate of drug-likeness (QED) is 0.198. The van der Waals surface area contributed by atoms with Crippen molar-refractivity contribution in [1.29, 1.82) is 0 Å². The highest BCUT2D eigenvalue weighted by Gasteiger charge is 2.13. The molecule has 93 valence electrons. The lowest BCUT2D eigenvalue weighted by atomic mass is 10.1. The second-order valence-electron chi connectivity index (χ2n) is 3.43. The zero-order valence-electron chi connectivity index (χ0n) is 9.13. The van der Waals surface area contributed by atoms with Gasteiger partial charge in [-0.1, -0.05) is 0 Å². The third kappa shape index (κ3) is 5.37. The molecule has 0 rings (SSSR count). The van der Waals surface area contributed by atoms with Crippen LogP contribution in [0.4, 0.5) is 9.59 Å². The number of nitrogens with zero attached hydrogens (tertiary/aromatic N) is 2. The summed E-state index contributed by atoms with van der Waals surface area (Å²) in [6.07, 6.45) is 1.93. The Balaban J connectivity index is 3.66. The van der Waals surface area contributed by atoms with Crippen LogP contribution in [0.5, 0.6) is 0 Å². The minimum Gasteiger partial charge on any atom is -0.350 e. The molecule has 0 fully saturated rings. The van der Waals surface area contributed by atoms with Crippen molar-refractivity contribution < 1.29 is 9.59 Å². The van der Waals surface area contributed by atoms with Crippen LogP contribution in [0.25, 0.3) is 0 Å². The fourth-order valence-electron chi connectivity index (χ4n) is 1.09. The molecule has 0 bridgehead atoms. The van der Waals surface area contributed by atoms with Crippen molar-refractivity contribution in [3.63, 3.8) is 0 Å². The van der Waals surface area contributed by atoms with Crippen LogP contribution < -0.4 is 23.2 Å². The van der Waals surface area contributed by atoms with Gasteiger partial charge in [0.2, 0.25) is 0 Å². The van der Waals surface area contributed by atoms with Gasteiger partial charge in [0.05, 0.1) is 0 Å². The maximum Gasteiger partial charge on any atom is 0.329 e. The average molecular weight is 231 g/mol. The first-order valence-electron chi connectivity index (χ1n) is 4.84. The first kappa shape index (κ1) is 14.5. The summed E-state index contributed by atoms with van der Waals surface area (Å²) in [5.41, 5.74) is 9.89. The van der Waals surface area contributed by atoms with Gasteiger partial charge in [-0.2, -0.15) is 0 Å². The zero-order valence-corrected chi connectivity index (χ0v) is 9.13. The SMILES string of the molecule is [CH2]C(CCCCN(N)C(N)=O)N(N)C(N)=O. The Labute approximate surface area is 94.4 Å². The van der Waals surface area contributed by atoms with E-state index in [1.165, 1.54) is 0 Å². The van der Waals surface area contributed by atoms with E-state index in [1.807, 2.05) is 0 Å². The Morgan fingerprint density at radius 3 is 2.12 bits per heavy atom. The molecule has 0 aliphatic rings. The number of hydrogen-bond donors (Lipinski definition) is 4. The van der Waals surface area contributed by atoms with Gasteiger partial charge in [-0.3, -0.25) is 10.0 Å². The van der Waals surface area contributed by atoms with Crippen LogP contribution in [0.3, 0.4) is 0 Å². The van der Waals surface area contributed by atoms with Gasteiger partial charge in [0.15, 0.2) is 0 Å². The lowest BCUT2D eigenvalue weighted by molar-refractivity contribution is 0.190. The van der Waals surface area contributed by atoms with Gasteiger partial charge in [0.25, 0.3) is 0 Å². The lowest BCUT2D eigenvalue weighted by Crippen LogP contribution is -2.47. The number of unbranched alkanes of at least 4 members (excludes halogenated alkanes) is 1. The topological polar surface area (TPSA) is 145 Å². The van der Waals surface area contributed by atoms with Crippen LogP contribution in [0, 0.1) is 6.92 Å². The van der Waals surface area contributed by atoms with Crippen molar-refractivity contribution in [2.24, 2.45) is 23.2 Å². The van der Waals surface area contributed by atoms with Crippen LogP contribution in [-0.2, 0) is 0 Å². The van der Waals surface area contributed by atoms with Gasteiger partial charge in [-0.25, -0.2) is 21.3 Å². The third-order valence-corrected chi connectivity index (χ3v) is 2.12. The van der Waals surface area contributed by atoms with E-state index in [2.05, 4.69) is 6.92 Å². The second-order valence-corrected chi connectivity index (χ2v) is 3.43. The number of hydrazine groups is 2. The molecule has 8 N–H and O–H groups in total. The third-order valence-electron chi connectivity index (χ3n) is 2.12. The number of urea groups is 2. The fourth-order valence-corrected chi connectivity index (χ4v) is 1.09. The standard InChI is InChI=1S/C8H19N6O2/c1-6(14(12)8(10)16)4-2-3-5-13(11)7(9)15/h6H,1-5,11-12H2,(H2,9,15)(H2,10,16). The molecule has 0 aliphatic heterocycles. The summed E-state index contributed by atoms with van der Waals surface area (Å²) < 4.78 is 0. The summed E-state index contributed by atoms with van der Waals surface area (Å²) in [7, 11) is 0. The fraction of sp³-hybridized carbons (Fsp3) is 0.625. The zero-order chi connectivity index (χ0) is 12.7. The van der Waals surface area contributed by atoms with E-state index in [0.717, 1.165) is 10.0 Å². The number of carbonyl (C=O) groups is 2. The van der Waals surface area contributed by atoms with E-state index in [1.54, 1.807) is 0 Å². The van der Waals surface area contributed by atoms with Crippen molar-refractivity contribution >= 4 is 12.1 Å². The van der Waals surface area contributed by atoms with Crippen LogP contribution >= 0.6 is 0 Å². The van der Waals surface area contributed by atoms with Crippen LogP contribution in [0.1, 0.15) is 19.3 Å². The maximum atomic E-state index is 10.7. The Morgan fingerprint density at radius 2 is 1.69 bits per heavy atom. The first-order valence-corrected chi connectivity index (χ1v) is 4.84. The van der Waals surface area contributed by atoms with E-state index in [0.29, 0.717) is 25.8 Å². The van der Waals surface area contributed by atoms with E-state index in [4.69, 9.17) is 23.2 Å².